The van der Waals surface area contributed by atoms with Gasteiger partial charge in [0.2, 0.25) is 0 Å². The lowest BCUT2D eigenvalue weighted by molar-refractivity contribution is -0.386. The van der Waals surface area contributed by atoms with Gasteiger partial charge in [-0.25, -0.2) is 4.39 Å². The molecule has 0 spiro atoms. The van der Waals surface area contributed by atoms with Crippen molar-refractivity contribution >= 4 is 5.69 Å². The molecule has 0 aromatic heterocycles. The Balaban J connectivity index is 1.98. The summed E-state index contributed by atoms with van der Waals surface area (Å²) in [7, 11) is 0. The van der Waals surface area contributed by atoms with Gasteiger partial charge in [0.25, 0.3) is 5.69 Å². The van der Waals surface area contributed by atoms with Crippen molar-refractivity contribution < 1.29 is 14.1 Å². The Bertz CT molecular complexity index is 459. The molecule has 0 radical (unpaired) electrons. The van der Waals surface area contributed by atoms with Gasteiger partial charge in [0, 0.05) is 12.1 Å². The SMILES string of the molecule is NC1CCC(OCc2cc(F)ccc2[N+](=O)[O-])CC1. The van der Waals surface area contributed by atoms with Crippen LogP contribution in [0.2, 0.25) is 0 Å². The Morgan fingerprint density at radius 3 is 2.68 bits per heavy atom. The van der Waals surface area contributed by atoms with Gasteiger partial charge in [-0.2, -0.15) is 0 Å². The number of hydrogen-bond acceptors (Lipinski definition) is 4. The van der Waals surface area contributed by atoms with Crippen molar-refractivity contribution in [2.75, 3.05) is 0 Å². The minimum absolute atomic E-state index is 0.0580. The lowest BCUT2D eigenvalue weighted by Gasteiger charge is -2.26. The average Bonchev–Trinajstić information content (AvgIpc) is 2.38. The minimum Gasteiger partial charge on any atom is -0.373 e. The number of nitro benzene ring substituents is 1. The van der Waals surface area contributed by atoms with Crippen molar-refractivity contribution in [2.24, 2.45) is 5.73 Å². The summed E-state index contributed by atoms with van der Waals surface area (Å²) in [6.07, 6.45) is 3.56. The molecule has 2 N–H and O–H groups in total. The lowest BCUT2D eigenvalue weighted by atomic mass is 9.94. The molecule has 6 heteroatoms. The summed E-state index contributed by atoms with van der Waals surface area (Å²) in [4.78, 5) is 10.3. The first kappa shape index (κ1) is 13.9. The van der Waals surface area contributed by atoms with Crippen molar-refractivity contribution in [3.63, 3.8) is 0 Å². The molecule has 19 heavy (non-hydrogen) atoms. The van der Waals surface area contributed by atoms with Crippen LogP contribution in [-0.2, 0) is 11.3 Å². The van der Waals surface area contributed by atoms with Crippen LogP contribution in [0, 0.1) is 15.9 Å². The topological polar surface area (TPSA) is 78.4 Å². The van der Waals surface area contributed by atoms with Gasteiger partial charge >= 0.3 is 0 Å². The van der Waals surface area contributed by atoms with Crippen LogP contribution in [0.15, 0.2) is 18.2 Å². The third-order valence-corrected chi connectivity index (χ3v) is 3.43. The second-order valence-electron chi connectivity index (χ2n) is 4.88. The first-order valence-electron chi connectivity index (χ1n) is 6.36. The molecular weight excluding hydrogens is 251 g/mol. The van der Waals surface area contributed by atoms with E-state index in [2.05, 4.69) is 0 Å². The van der Waals surface area contributed by atoms with E-state index in [-0.39, 0.29) is 30.0 Å². The Hall–Kier alpha value is -1.53. The van der Waals surface area contributed by atoms with Crippen molar-refractivity contribution in [1.82, 2.24) is 0 Å². The molecule has 1 aromatic rings. The molecule has 2 rings (SSSR count). The summed E-state index contributed by atoms with van der Waals surface area (Å²) in [6.45, 7) is 0.0635. The zero-order valence-corrected chi connectivity index (χ0v) is 10.5. The maximum atomic E-state index is 13.1. The van der Waals surface area contributed by atoms with Crippen molar-refractivity contribution in [3.05, 3.63) is 39.7 Å². The summed E-state index contributed by atoms with van der Waals surface area (Å²) in [5, 5.41) is 10.8. The fourth-order valence-corrected chi connectivity index (χ4v) is 2.31. The monoisotopic (exact) mass is 268 g/mol. The van der Waals surface area contributed by atoms with Gasteiger partial charge in [0.15, 0.2) is 0 Å². The second-order valence-corrected chi connectivity index (χ2v) is 4.88. The highest BCUT2D eigenvalue weighted by Gasteiger charge is 2.21. The molecule has 0 bridgehead atoms. The molecule has 5 nitrogen and oxygen atoms in total. The van der Waals surface area contributed by atoms with Crippen LogP contribution in [0.1, 0.15) is 31.2 Å². The molecule has 1 aromatic carbocycles. The van der Waals surface area contributed by atoms with Crippen LogP contribution in [0.4, 0.5) is 10.1 Å². The van der Waals surface area contributed by atoms with Crippen LogP contribution in [-0.4, -0.2) is 17.1 Å². The quantitative estimate of drug-likeness (QED) is 0.672. The number of benzene rings is 1. The van der Waals surface area contributed by atoms with E-state index in [1.165, 1.54) is 6.07 Å². The summed E-state index contributed by atoms with van der Waals surface area (Å²) in [5.74, 6) is -0.491. The van der Waals surface area contributed by atoms with Gasteiger partial charge in [-0.05, 0) is 37.8 Å². The summed E-state index contributed by atoms with van der Waals surface area (Å²) >= 11 is 0. The highest BCUT2D eigenvalue weighted by Crippen LogP contribution is 2.24. The highest BCUT2D eigenvalue weighted by atomic mass is 19.1. The van der Waals surface area contributed by atoms with Crippen molar-refractivity contribution in [1.29, 1.82) is 0 Å². The fourth-order valence-electron chi connectivity index (χ4n) is 2.31. The van der Waals surface area contributed by atoms with E-state index in [0.29, 0.717) is 0 Å². The van der Waals surface area contributed by atoms with E-state index in [1.54, 1.807) is 0 Å². The molecule has 0 saturated heterocycles. The molecule has 0 amide bonds. The van der Waals surface area contributed by atoms with Gasteiger partial charge in [0.1, 0.15) is 5.82 Å². The number of halogens is 1. The molecule has 0 atom stereocenters. The summed E-state index contributed by atoms with van der Waals surface area (Å²) < 4.78 is 18.8. The second kappa shape index (κ2) is 6.08. The fraction of sp³-hybridized carbons (Fsp3) is 0.538. The van der Waals surface area contributed by atoms with Gasteiger partial charge in [0.05, 0.1) is 23.2 Å². The Morgan fingerprint density at radius 2 is 2.05 bits per heavy atom. The zero-order valence-electron chi connectivity index (χ0n) is 10.5. The van der Waals surface area contributed by atoms with Crippen LogP contribution in [0.3, 0.4) is 0 Å². The smallest absolute Gasteiger partial charge is 0.275 e. The average molecular weight is 268 g/mol. The van der Waals surface area contributed by atoms with Gasteiger partial charge < -0.3 is 10.5 Å². The Morgan fingerprint density at radius 1 is 1.37 bits per heavy atom. The zero-order chi connectivity index (χ0) is 13.8. The predicted molar refractivity (Wildman–Crippen MR) is 68.1 cm³/mol. The minimum atomic E-state index is -0.519. The van der Waals surface area contributed by atoms with Crippen LogP contribution in [0.25, 0.3) is 0 Å². The number of ether oxygens (including phenoxy) is 1. The Kier molecular flexibility index (Phi) is 4.44. The van der Waals surface area contributed by atoms with Crippen LogP contribution >= 0.6 is 0 Å². The molecule has 1 saturated carbocycles. The third-order valence-electron chi connectivity index (χ3n) is 3.43. The largest absolute Gasteiger partial charge is 0.373 e. The lowest BCUT2D eigenvalue weighted by Crippen LogP contribution is -2.30. The van der Waals surface area contributed by atoms with E-state index in [4.69, 9.17) is 10.5 Å². The number of nitrogens with zero attached hydrogens (tertiary/aromatic N) is 1. The van der Waals surface area contributed by atoms with E-state index in [0.717, 1.165) is 37.8 Å². The molecule has 1 fully saturated rings. The molecule has 0 aliphatic heterocycles. The van der Waals surface area contributed by atoms with Crippen LogP contribution in [0.5, 0.6) is 0 Å². The van der Waals surface area contributed by atoms with E-state index in [1.807, 2.05) is 0 Å². The summed E-state index contributed by atoms with van der Waals surface area (Å²) in [5.41, 5.74) is 5.97. The predicted octanol–water partition coefficient (Wildman–Crippen LogP) is 2.52. The maximum Gasteiger partial charge on any atom is 0.275 e. The van der Waals surface area contributed by atoms with E-state index >= 15 is 0 Å². The maximum absolute atomic E-state index is 13.1. The van der Waals surface area contributed by atoms with Crippen molar-refractivity contribution in [3.8, 4) is 0 Å². The Labute approximate surface area is 110 Å². The molecule has 104 valence electrons. The first-order chi connectivity index (χ1) is 9.06. The third kappa shape index (κ3) is 3.71. The molecule has 0 unspecified atom stereocenters. The molecule has 1 aliphatic carbocycles. The number of hydrogen-bond donors (Lipinski definition) is 1. The molecule has 0 heterocycles. The van der Waals surface area contributed by atoms with Crippen molar-refractivity contribution in [2.45, 2.75) is 44.4 Å². The van der Waals surface area contributed by atoms with E-state index < -0.39 is 10.7 Å². The van der Waals surface area contributed by atoms with Crippen LogP contribution < -0.4 is 5.73 Å². The normalized spacial score (nSPS) is 23.3. The molecule has 1 aliphatic rings. The number of rotatable bonds is 4. The molecular formula is C13H17FN2O3. The van der Waals surface area contributed by atoms with Gasteiger partial charge in [-0.1, -0.05) is 0 Å². The van der Waals surface area contributed by atoms with Gasteiger partial charge in [-0.3, -0.25) is 10.1 Å². The van der Waals surface area contributed by atoms with E-state index in [9.17, 15) is 14.5 Å². The number of nitro groups is 1. The number of nitrogens with two attached hydrogens (primary N) is 1. The highest BCUT2D eigenvalue weighted by molar-refractivity contribution is 5.39. The van der Waals surface area contributed by atoms with Gasteiger partial charge in [-0.15, -0.1) is 0 Å². The standard InChI is InChI=1S/C13H17FN2O3/c14-10-1-6-13(16(17)18)9(7-10)8-19-12-4-2-11(15)3-5-12/h1,6-7,11-12H,2-5,8,15H2. The summed E-state index contributed by atoms with van der Waals surface area (Å²) in [6, 6.07) is 3.64. The first-order valence-corrected chi connectivity index (χ1v) is 6.36.